The minimum atomic E-state index is -3.31. The Kier molecular flexibility index (Phi) is 6.73. The highest BCUT2D eigenvalue weighted by atomic mass is 32.2. The summed E-state index contributed by atoms with van der Waals surface area (Å²) < 4.78 is 26.7. The van der Waals surface area contributed by atoms with Gasteiger partial charge in [0.25, 0.3) is 0 Å². The Morgan fingerprint density at radius 3 is 2.20 bits per heavy atom. The van der Waals surface area contributed by atoms with Gasteiger partial charge in [0, 0.05) is 6.54 Å². The van der Waals surface area contributed by atoms with Crippen LogP contribution < -0.4 is 4.72 Å². The number of hydrogen-bond donors (Lipinski definition) is 2. The summed E-state index contributed by atoms with van der Waals surface area (Å²) in [6.45, 7) is 1.96. The molecule has 0 amide bonds. The van der Waals surface area contributed by atoms with Crippen LogP contribution in [0.25, 0.3) is 0 Å². The molecule has 0 saturated heterocycles. The lowest BCUT2D eigenvalue weighted by Gasteiger charge is -2.09. The van der Waals surface area contributed by atoms with E-state index in [1.807, 2.05) is 42.5 Å². The third kappa shape index (κ3) is 6.32. The largest absolute Gasteiger partial charge is 0.481 e. The first kappa shape index (κ1) is 19.1. The second kappa shape index (κ2) is 8.78. The van der Waals surface area contributed by atoms with Gasteiger partial charge in [0.05, 0.1) is 11.7 Å². The molecule has 2 rings (SSSR count). The van der Waals surface area contributed by atoms with Gasteiger partial charge in [-0.2, -0.15) is 0 Å². The summed E-state index contributed by atoms with van der Waals surface area (Å²) in [6, 6.07) is 16.7. The van der Waals surface area contributed by atoms with E-state index in [2.05, 4.69) is 4.72 Å². The lowest BCUT2D eigenvalue weighted by molar-refractivity contribution is -0.138. The van der Waals surface area contributed by atoms with Crippen LogP contribution in [0.2, 0.25) is 0 Å². The molecule has 0 spiro atoms. The predicted molar refractivity (Wildman–Crippen MR) is 98.1 cm³/mol. The molecule has 0 saturated carbocycles. The molecule has 0 aliphatic carbocycles. The molecule has 0 aliphatic rings. The van der Waals surface area contributed by atoms with E-state index >= 15 is 0 Å². The minimum absolute atomic E-state index is 0.0616. The fourth-order valence-corrected chi connectivity index (χ4v) is 3.50. The third-order valence-electron chi connectivity index (χ3n) is 4.09. The van der Waals surface area contributed by atoms with E-state index in [0.717, 1.165) is 16.7 Å². The van der Waals surface area contributed by atoms with E-state index in [9.17, 15) is 13.2 Å². The Bertz CT molecular complexity index is 786. The second-order valence-corrected chi connectivity index (χ2v) is 7.93. The Morgan fingerprint density at radius 2 is 1.60 bits per heavy atom. The standard InChI is InChI=1S/C19H23NO4S/c1-15(19(21)22)18-9-7-17(8-10-18)11-13-20-25(23,24)14-12-16-5-3-2-4-6-16/h2-10,15,20H,11-14H2,1H3,(H,21,22). The third-order valence-corrected chi connectivity index (χ3v) is 5.47. The van der Waals surface area contributed by atoms with Gasteiger partial charge in [-0.1, -0.05) is 54.6 Å². The normalized spacial score (nSPS) is 12.7. The summed E-state index contributed by atoms with van der Waals surface area (Å²) in [4.78, 5) is 11.0. The van der Waals surface area contributed by atoms with Crippen LogP contribution >= 0.6 is 0 Å². The molecule has 0 heterocycles. The predicted octanol–water partition coefficient (Wildman–Crippen LogP) is 2.58. The van der Waals surface area contributed by atoms with Gasteiger partial charge in [-0.25, -0.2) is 13.1 Å². The molecule has 0 bridgehead atoms. The maximum absolute atomic E-state index is 12.0. The van der Waals surface area contributed by atoms with Crippen LogP contribution in [-0.4, -0.2) is 31.8 Å². The second-order valence-electron chi connectivity index (χ2n) is 6.00. The number of hydrogen-bond acceptors (Lipinski definition) is 3. The number of benzene rings is 2. The highest BCUT2D eigenvalue weighted by Gasteiger charge is 2.13. The molecular formula is C19H23NO4S. The molecule has 1 unspecified atom stereocenters. The maximum Gasteiger partial charge on any atom is 0.310 e. The average Bonchev–Trinajstić information content (AvgIpc) is 2.61. The van der Waals surface area contributed by atoms with Gasteiger partial charge in [0.2, 0.25) is 10.0 Å². The van der Waals surface area contributed by atoms with Crippen LogP contribution in [0.15, 0.2) is 54.6 Å². The van der Waals surface area contributed by atoms with Crippen molar-refractivity contribution in [3.05, 3.63) is 71.3 Å². The molecule has 0 aliphatic heterocycles. The van der Waals surface area contributed by atoms with Crippen molar-refractivity contribution in [1.82, 2.24) is 4.72 Å². The Labute approximate surface area is 148 Å². The minimum Gasteiger partial charge on any atom is -0.481 e. The maximum atomic E-state index is 12.0. The molecule has 25 heavy (non-hydrogen) atoms. The SMILES string of the molecule is CC(C(=O)O)c1ccc(CCNS(=O)(=O)CCc2ccccc2)cc1. The molecule has 0 aromatic heterocycles. The van der Waals surface area contributed by atoms with Crippen molar-refractivity contribution in [3.63, 3.8) is 0 Å². The van der Waals surface area contributed by atoms with Gasteiger partial charge in [-0.05, 0) is 36.5 Å². The Hall–Kier alpha value is -2.18. The molecule has 0 fully saturated rings. The monoisotopic (exact) mass is 361 g/mol. The van der Waals surface area contributed by atoms with Crippen molar-refractivity contribution < 1.29 is 18.3 Å². The lowest BCUT2D eigenvalue weighted by Crippen LogP contribution is -2.29. The molecular weight excluding hydrogens is 338 g/mol. The Balaban J connectivity index is 1.80. The van der Waals surface area contributed by atoms with E-state index in [1.54, 1.807) is 19.1 Å². The van der Waals surface area contributed by atoms with Crippen LogP contribution in [0.4, 0.5) is 0 Å². The number of carbonyl (C=O) groups is 1. The topological polar surface area (TPSA) is 83.5 Å². The first-order valence-electron chi connectivity index (χ1n) is 8.20. The van der Waals surface area contributed by atoms with Crippen molar-refractivity contribution in [1.29, 1.82) is 0 Å². The smallest absolute Gasteiger partial charge is 0.310 e. The molecule has 5 nitrogen and oxygen atoms in total. The van der Waals surface area contributed by atoms with Crippen LogP contribution in [0.3, 0.4) is 0 Å². The van der Waals surface area contributed by atoms with Gasteiger partial charge < -0.3 is 5.11 Å². The quantitative estimate of drug-likeness (QED) is 0.719. The van der Waals surface area contributed by atoms with Crippen molar-refractivity contribution in [2.75, 3.05) is 12.3 Å². The highest BCUT2D eigenvalue weighted by Crippen LogP contribution is 2.16. The fraction of sp³-hybridized carbons (Fsp3) is 0.316. The van der Waals surface area contributed by atoms with Crippen molar-refractivity contribution >= 4 is 16.0 Å². The first-order chi connectivity index (χ1) is 11.9. The number of carboxylic acid groups (broad SMARTS) is 1. The van der Waals surface area contributed by atoms with Crippen LogP contribution in [0, 0.1) is 0 Å². The van der Waals surface area contributed by atoms with Crippen molar-refractivity contribution in [2.24, 2.45) is 0 Å². The van der Waals surface area contributed by atoms with Crippen LogP contribution in [0.5, 0.6) is 0 Å². The van der Waals surface area contributed by atoms with Gasteiger partial charge in [0.15, 0.2) is 0 Å². The highest BCUT2D eigenvalue weighted by molar-refractivity contribution is 7.89. The zero-order valence-corrected chi connectivity index (χ0v) is 15.0. The number of sulfonamides is 1. The van der Waals surface area contributed by atoms with Gasteiger partial charge in [-0.15, -0.1) is 0 Å². The van der Waals surface area contributed by atoms with E-state index in [4.69, 9.17) is 5.11 Å². The molecule has 6 heteroatoms. The van der Waals surface area contributed by atoms with E-state index in [1.165, 1.54) is 0 Å². The number of aryl methyl sites for hydroxylation is 1. The zero-order chi connectivity index (χ0) is 18.3. The van der Waals surface area contributed by atoms with Crippen molar-refractivity contribution in [2.45, 2.75) is 25.7 Å². The average molecular weight is 361 g/mol. The molecule has 2 aromatic rings. The Morgan fingerprint density at radius 1 is 1.00 bits per heavy atom. The molecule has 0 radical (unpaired) electrons. The van der Waals surface area contributed by atoms with Gasteiger partial charge in [-0.3, -0.25) is 4.79 Å². The fourth-order valence-electron chi connectivity index (χ4n) is 2.44. The van der Waals surface area contributed by atoms with Crippen LogP contribution in [-0.2, 0) is 27.7 Å². The van der Waals surface area contributed by atoms with E-state index in [-0.39, 0.29) is 5.75 Å². The zero-order valence-electron chi connectivity index (χ0n) is 14.2. The number of carboxylic acids is 1. The summed E-state index contributed by atoms with van der Waals surface area (Å²) in [5.41, 5.74) is 2.70. The first-order valence-corrected chi connectivity index (χ1v) is 9.85. The van der Waals surface area contributed by atoms with Crippen molar-refractivity contribution in [3.8, 4) is 0 Å². The summed E-state index contributed by atoms with van der Waals surface area (Å²) in [7, 11) is -3.31. The molecule has 134 valence electrons. The lowest BCUT2D eigenvalue weighted by atomic mass is 9.99. The number of aliphatic carboxylic acids is 1. The number of nitrogens with one attached hydrogen (secondary N) is 1. The van der Waals surface area contributed by atoms with Gasteiger partial charge in [0.1, 0.15) is 0 Å². The van der Waals surface area contributed by atoms with Gasteiger partial charge >= 0.3 is 5.97 Å². The van der Waals surface area contributed by atoms with Crippen LogP contribution in [0.1, 0.15) is 29.5 Å². The summed E-state index contributed by atoms with van der Waals surface area (Å²) in [5.74, 6) is -1.35. The summed E-state index contributed by atoms with van der Waals surface area (Å²) in [6.07, 6.45) is 1.05. The molecule has 2 N–H and O–H groups in total. The van der Waals surface area contributed by atoms with E-state index < -0.39 is 21.9 Å². The summed E-state index contributed by atoms with van der Waals surface area (Å²) >= 11 is 0. The summed E-state index contributed by atoms with van der Waals surface area (Å²) in [5, 5.41) is 8.99. The van der Waals surface area contributed by atoms with E-state index in [0.29, 0.717) is 19.4 Å². The molecule has 1 atom stereocenters. The molecule has 2 aromatic carbocycles. The number of rotatable bonds is 9.